The lowest BCUT2D eigenvalue weighted by Gasteiger charge is -2.38. The summed E-state index contributed by atoms with van der Waals surface area (Å²) in [6.07, 6.45) is 2.10. The molecule has 1 fully saturated rings. The summed E-state index contributed by atoms with van der Waals surface area (Å²) < 4.78 is 0. The van der Waals surface area contributed by atoms with Crippen LogP contribution < -0.4 is 11.1 Å². The molecule has 1 aromatic carbocycles. The smallest absolute Gasteiger partial charge is 0.311 e. The highest BCUT2D eigenvalue weighted by Gasteiger charge is 2.45. The Kier molecular flexibility index (Phi) is 3.81. The molecule has 2 rings (SSSR count). The summed E-state index contributed by atoms with van der Waals surface area (Å²) in [6, 6.07) is 9.06. The van der Waals surface area contributed by atoms with Crippen LogP contribution in [0.2, 0.25) is 0 Å². The molecule has 1 amide bonds. The molecule has 0 saturated heterocycles. The first kappa shape index (κ1) is 14.5. The topological polar surface area (TPSA) is 92.4 Å². The van der Waals surface area contributed by atoms with E-state index in [4.69, 9.17) is 5.73 Å². The van der Waals surface area contributed by atoms with Crippen LogP contribution in [0, 0.1) is 5.41 Å². The lowest BCUT2D eigenvalue weighted by atomic mass is 9.68. The number of amides is 1. The molecule has 1 aliphatic rings. The van der Waals surface area contributed by atoms with Crippen LogP contribution in [0.25, 0.3) is 0 Å². The number of benzene rings is 1. The van der Waals surface area contributed by atoms with Crippen molar-refractivity contribution in [3.8, 4) is 0 Å². The second kappa shape index (κ2) is 5.25. The first-order chi connectivity index (χ1) is 9.38. The molecule has 20 heavy (non-hydrogen) atoms. The first-order valence-electron chi connectivity index (χ1n) is 6.75. The molecule has 0 bridgehead atoms. The van der Waals surface area contributed by atoms with E-state index >= 15 is 0 Å². The number of carbonyl (C=O) groups is 2. The van der Waals surface area contributed by atoms with Crippen LogP contribution in [0.1, 0.15) is 31.7 Å². The number of carboxylic acid groups (broad SMARTS) is 1. The second-order valence-electron chi connectivity index (χ2n) is 5.69. The molecule has 1 unspecified atom stereocenters. The SMILES string of the molecule is CC(N)(C(=O)NCC1(C(=O)O)CCC1)c1ccccc1. The van der Waals surface area contributed by atoms with E-state index in [1.54, 1.807) is 19.1 Å². The number of nitrogens with two attached hydrogens (primary N) is 1. The third-order valence-electron chi connectivity index (χ3n) is 4.20. The molecule has 1 atom stereocenters. The number of carbonyl (C=O) groups excluding carboxylic acids is 1. The maximum absolute atomic E-state index is 12.2. The van der Waals surface area contributed by atoms with E-state index in [1.807, 2.05) is 18.2 Å². The maximum Gasteiger partial charge on any atom is 0.311 e. The highest BCUT2D eigenvalue weighted by Crippen LogP contribution is 2.40. The van der Waals surface area contributed by atoms with Crippen LogP contribution in [-0.2, 0) is 15.1 Å². The molecule has 0 aromatic heterocycles. The fourth-order valence-electron chi connectivity index (χ4n) is 2.42. The van der Waals surface area contributed by atoms with E-state index in [2.05, 4.69) is 5.32 Å². The number of nitrogens with one attached hydrogen (secondary N) is 1. The van der Waals surface area contributed by atoms with Crippen molar-refractivity contribution in [2.45, 2.75) is 31.7 Å². The Morgan fingerprint density at radius 1 is 1.35 bits per heavy atom. The van der Waals surface area contributed by atoms with Crippen molar-refractivity contribution < 1.29 is 14.7 Å². The molecule has 5 heteroatoms. The summed E-state index contributed by atoms with van der Waals surface area (Å²) in [6.45, 7) is 1.77. The van der Waals surface area contributed by atoms with Gasteiger partial charge in [0.15, 0.2) is 0 Å². The zero-order valence-corrected chi connectivity index (χ0v) is 11.6. The normalized spacial score (nSPS) is 19.5. The van der Waals surface area contributed by atoms with Crippen molar-refractivity contribution in [3.63, 3.8) is 0 Å². The largest absolute Gasteiger partial charge is 0.481 e. The fourth-order valence-corrected chi connectivity index (χ4v) is 2.42. The van der Waals surface area contributed by atoms with Crippen LogP contribution in [0.15, 0.2) is 30.3 Å². The van der Waals surface area contributed by atoms with Gasteiger partial charge in [-0.25, -0.2) is 0 Å². The molecule has 108 valence electrons. The average Bonchev–Trinajstić information content (AvgIpc) is 2.37. The van der Waals surface area contributed by atoms with Gasteiger partial charge in [-0.15, -0.1) is 0 Å². The van der Waals surface area contributed by atoms with Gasteiger partial charge >= 0.3 is 5.97 Å². The molecular weight excluding hydrogens is 256 g/mol. The van der Waals surface area contributed by atoms with Gasteiger partial charge in [0.25, 0.3) is 0 Å². The summed E-state index contributed by atoms with van der Waals surface area (Å²) in [4.78, 5) is 23.5. The van der Waals surface area contributed by atoms with E-state index in [0.717, 1.165) is 6.42 Å². The van der Waals surface area contributed by atoms with Gasteiger partial charge in [-0.3, -0.25) is 9.59 Å². The minimum Gasteiger partial charge on any atom is -0.481 e. The molecule has 1 aromatic rings. The lowest BCUT2D eigenvalue weighted by molar-refractivity contribution is -0.154. The number of aliphatic carboxylic acids is 1. The summed E-state index contributed by atoms with van der Waals surface area (Å²) in [7, 11) is 0. The van der Waals surface area contributed by atoms with Gasteiger partial charge in [-0.2, -0.15) is 0 Å². The van der Waals surface area contributed by atoms with Gasteiger partial charge in [-0.1, -0.05) is 36.8 Å². The monoisotopic (exact) mass is 276 g/mol. The molecule has 0 spiro atoms. The summed E-state index contributed by atoms with van der Waals surface area (Å²) in [5.74, 6) is -1.20. The van der Waals surface area contributed by atoms with Crippen molar-refractivity contribution in [2.75, 3.05) is 6.54 Å². The van der Waals surface area contributed by atoms with E-state index in [9.17, 15) is 14.7 Å². The summed E-state index contributed by atoms with van der Waals surface area (Å²) in [5, 5.41) is 11.9. The quantitative estimate of drug-likeness (QED) is 0.754. The number of hydrogen-bond donors (Lipinski definition) is 3. The molecule has 5 nitrogen and oxygen atoms in total. The molecule has 1 aliphatic carbocycles. The van der Waals surface area contributed by atoms with Gasteiger partial charge in [0.05, 0.1) is 5.41 Å². The predicted octanol–water partition coefficient (Wildman–Crippen LogP) is 1.23. The molecule has 0 aliphatic heterocycles. The first-order valence-corrected chi connectivity index (χ1v) is 6.75. The van der Waals surface area contributed by atoms with Gasteiger partial charge in [0.2, 0.25) is 5.91 Å². The Labute approximate surface area is 118 Å². The lowest BCUT2D eigenvalue weighted by Crippen LogP contribution is -2.54. The summed E-state index contributed by atoms with van der Waals surface area (Å²) >= 11 is 0. The van der Waals surface area contributed by atoms with Crippen LogP contribution in [0.3, 0.4) is 0 Å². The Bertz CT molecular complexity index is 507. The van der Waals surface area contributed by atoms with E-state index < -0.39 is 16.9 Å². The Balaban J connectivity index is 2.03. The van der Waals surface area contributed by atoms with Gasteiger partial charge in [-0.05, 0) is 25.3 Å². The van der Waals surface area contributed by atoms with Crippen molar-refractivity contribution in [1.82, 2.24) is 5.32 Å². The number of hydrogen-bond acceptors (Lipinski definition) is 3. The summed E-state index contributed by atoms with van der Waals surface area (Å²) in [5.41, 5.74) is 4.83. The fraction of sp³-hybridized carbons (Fsp3) is 0.467. The van der Waals surface area contributed by atoms with E-state index in [0.29, 0.717) is 18.4 Å². The highest BCUT2D eigenvalue weighted by molar-refractivity contribution is 5.87. The third-order valence-corrected chi connectivity index (χ3v) is 4.20. The maximum atomic E-state index is 12.2. The second-order valence-corrected chi connectivity index (χ2v) is 5.69. The standard InChI is InChI=1S/C15H20N2O3/c1-14(16,11-6-3-2-4-7-11)12(18)17-10-15(13(19)20)8-5-9-15/h2-4,6-7H,5,8-10,16H2,1H3,(H,17,18)(H,19,20). The zero-order valence-electron chi connectivity index (χ0n) is 11.6. The Morgan fingerprint density at radius 2 is 1.95 bits per heavy atom. The molecule has 0 radical (unpaired) electrons. The van der Waals surface area contributed by atoms with Gasteiger partial charge in [0, 0.05) is 6.54 Å². The van der Waals surface area contributed by atoms with E-state index in [-0.39, 0.29) is 12.5 Å². The van der Waals surface area contributed by atoms with Crippen LogP contribution in [-0.4, -0.2) is 23.5 Å². The molecular formula is C15H20N2O3. The van der Waals surface area contributed by atoms with E-state index in [1.165, 1.54) is 0 Å². The Morgan fingerprint density at radius 3 is 2.40 bits per heavy atom. The van der Waals surface area contributed by atoms with Gasteiger partial charge in [0.1, 0.15) is 5.54 Å². The molecule has 0 heterocycles. The number of rotatable bonds is 5. The van der Waals surface area contributed by atoms with Crippen molar-refractivity contribution in [1.29, 1.82) is 0 Å². The van der Waals surface area contributed by atoms with Crippen molar-refractivity contribution in [2.24, 2.45) is 11.1 Å². The molecule has 1 saturated carbocycles. The highest BCUT2D eigenvalue weighted by atomic mass is 16.4. The minimum atomic E-state index is -1.16. The Hall–Kier alpha value is -1.88. The predicted molar refractivity (Wildman–Crippen MR) is 74.9 cm³/mol. The molecule has 4 N–H and O–H groups in total. The van der Waals surface area contributed by atoms with Gasteiger partial charge < -0.3 is 16.2 Å². The number of carboxylic acids is 1. The average molecular weight is 276 g/mol. The minimum absolute atomic E-state index is 0.140. The van der Waals surface area contributed by atoms with Crippen molar-refractivity contribution in [3.05, 3.63) is 35.9 Å². The van der Waals surface area contributed by atoms with Crippen LogP contribution >= 0.6 is 0 Å². The van der Waals surface area contributed by atoms with Crippen LogP contribution in [0.5, 0.6) is 0 Å². The third kappa shape index (κ3) is 2.54. The van der Waals surface area contributed by atoms with Crippen LogP contribution in [0.4, 0.5) is 0 Å². The zero-order chi connectivity index (χ0) is 14.8. The van der Waals surface area contributed by atoms with Crippen molar-refractivity contribution >= 4 is 11.9 Å².